The molecule has 1 aliphatic carbocycles. The lowest BCUT2D eigenvalue weighted by Gasteiger charge is -2.30. The van der Waals surface area contributed by atoms with Gasteiger partial charge < -0.3 is 20.4 Å². The first-order valence-corrected chi connectivity index (χ1v) is 14.1. The van der Waals surface area contributed by atoms with Gasteiger partial charge in [-0.2, -0.15) is 9.97 Å². The lowest BCUT2D eigenvalue weighted by molar-refractivity contribution is 0.435. The monoisotopic (exact) mass is 532 g/mol. The molecule has 2 aliphatic heterocycles. The Morgan fingerprint density at radius 3 is 2.14 bits per heavy atom. The molecule has 0 bridgehead atoms. The highest BCUT2D eigenvalue weighted by Crippen LogP contribution is 2.41. The normalized spacial score (nSPS) is 18.2. The van der Waals surface area contributed by atoms with Gasteiger partial charge in [-0.1, -0.05) is 60.8 Å². The Kier molecular flexibility index (Phi) is 6.91. The summed E-state index contributed by atoms with van der Waals surface area (Å²) in [4.78, 5) is 14.5. The lowest BCUT2D eigenvalue weighted by atomic mass is 9.79. The smallest absolute Gasteiger partial charge is 0.232 e. The van der Waals surface area contributed by atoms with Gasteiger partial charge in [0.25, 0.3) is 0 Å². The van der Waals surface area contributed by atoms with E-state index in [4.69, 9.17) is 33.8 Å². The fourth-order valence-electron chi connectivity index (χ4n) is 6.06. The molecule has 6 rings (SSSR count). The van der Waals surface area contributed by atoms with Crippen LogP contribution in [0.2, 0.25) is 5.02 Å². The van der Waals surface area contributed by atoms with Crippen LogP contribution < -0.4 is 20.4 Å². The molecule has 2 N–H and O–H groups in total. The Morgan fingerprint density at radius 2 is 1.49 bits per heavy atom. The van der Waals surface area contributed by atoms with Gasteiger partial charge in [0.05, 0.1) is 0 Å². The first-order valence-electron chi connectivity index (χ1n) is 13.3. The van der Waals surface area contributed by atoms with E-state index in [0.717, 1.165) is 62.2 Å². The summed E-state index contributed by atoms with van der Waals surface area (Å²) >= 11 is 11.9. The summed E-state index contributed by atoms with van der Waals surface area (Å²) in [6, 6.07) is 19.1. The van der Waals surface area contributed by atoms with Crippen LogP contribution in [-0.4, -0.2) is 34.7 Å². The van der Waals surface area contributed by atoms with Crippen LogP contribution in [0.1, 0.15) is 55.2 Å². The number of hydrogen-bond acceptors (Lipinski definition) is 5. The number of rotatable bonds is 6. The first kappa shape index (κ1) is 24.4. The Bertz CT molecular complexity index is 1240. The number of thiocarbonyl (C=S) groups is 1. The molecule has 3 aromatic rings. The van der Waals surface area contributed by atoms with Gasteiger partial charge in [0.2, 0.25) is 5.95 Å². The molecule has 6 nitrogen and oxygen atoms in total. The van der Waals surface area contributed by atoms with E-state index in [9.17, 15) is 0 Å². The van der Waals surface area contributed by atoms with Crippen LogP contribution in [-0.2, 0) is 18.5 Å². The molecule has 3 heterocycles. The van der Waals surface area contributed by atoms with Gasteiger partial charge in [-0.3, -0.25) is 0 Å². The molecular weight excluding hydrogens is 500 g/mol. The third kappa shape index (κ3) is 5.25. The summed E-state index contributed by atoms with van der Waals surface area (Å²) in [7, 11) is 0. The summed E-state index contributed by atoms with van der Waals surface area (Å²) in [6.45, 7) is 4.56. The molecule has 0 radical (unpaired) electrons. The van der Waals surface area contributed by atoms with Crippen molar-refractivity contribution in [2.75, 3.05) is 34.8 Å². The topological polar surface area (TPSA) is 56.3 Å². The number of aromatic nitrogens is 2. The zero-order chi connectivity index (χ0) is 25.2. The maximum Gasteiger partial charge on any atom is 0.232 e. The van der Waals surface area contributed by atoms with Crippen LogP contribution in [0.15, 0.2) is 54.6 Å². The van der Waals surface area contributed by atoms with Gasteiger partial charge in [-0.25, -0.2) is 0 Å². The average Bonchev–Trinajstić information content (AvgIpc) is 3.69. The van der Waals surface area contributed by atoms with E-state index in [1.165, 1.54) is 42.4 Å². The number of fused-ring (bicyclic) bond motifs is 1. The summed E-state index contributed by atoms with van der Waals surface area (Å²) in [6.07, 6.45) is 7.14. The maximum absolute atomic E-state index is 6.16. The van der Waals surface area contributed by atoms with E-state index >= 15 is 0 Å². The third-order valence-corrected chi connectivity index (χ3v) is 8.62. The summed E-state index contributed by atoms with van der Waals surface area (Å²) in [5.41, 5.74) is 4.12. The number of benzene rings is 2. The second kappa shape index (κ2) is 10.5. The molecule has 1 saturated heterocycles. The molecule has 0 atom stereocenters. The fourth-order valence-corrected chi connectivity index (χ4v) is 6.35. The maximum atomic E-state index is 6.16. The van der Waals surface area contributed by atoms with E-state index in [0.29, 0.717) is 11.1 Å². The van der Waals surface area contributed by atoms with Gasteiger partial charge >= 0.3 is 0 Å². The van der Waals surface area contributed by atoms with Crippen molar-refractivity contribution in [3.8, 4) is 0 Å². The summed E-state index contributed by atoms with van der Waals surface area (Å²) < 4.78 is 0. The molecule has 2 fully saturated rings. The van der Waals surface area contributed by atoms with Crippen molar-refractivity contribution in [3.63, 3.8) is 0 Å². The second-order valence-electron chi connectivity index (χ2n) is 10.5. The van der Waals surface area contributed by atoms with Crippen LogP contribution in [0.4, 0.5) is 17.6 Å². The van der Waals surface area contributed by atoms with Crippen molar-refractivity contribution in [2.24, 2.45) is 0 Å². The van der Waals surface area contributed by atoms with Crippen LogP contribution >= 0.6 is 23.8 Å². The average molecular weight is 533 g/mol. The largest absolute Gasteiger partial charge is 0.361 e. The minimum Gasteiger partial charge on any atom is -0.361 e. The zero-order valence-electron chi connectivity index (χ0n) is 21.0. The van der Waals surface area contributed by atoms with Gasteiger partial charge in [0, 0.05) is 49.2 Å². The zero-order valence-corrected chi connectivity index (χ0v) is 22.6. The van der Waals surface area contributed by atoms with Crippen LogP contribution in [0.3, 0.4) is 0 Å². The van der Waals surface area contributed by atoms with Gasteiger partial charge in [0.1, 0.15) is 11.6 Å². The predicted molar refractivity (Wildman–Crippen MR) is 156 cm³/mol. The number of nitrogens with zero attached hydrogens (tertiary/aromatic N) is 4. The Morgan fingerprint density at radius 1 is 0.865 bits per heavy atom. The van der Waals surface area contributed by atoms with E-state index in [-0.39, 0.29) is 5.41 Å². The van der Waals surface area contributed by atoms with Crippen molar-refractivity contribution in [1.82, 2.24) is 15.3 Å². The number of anilines is 3. The molecule has 1 saturated carbocycles. The summed E-state index contributed by atoms with van der Waals surface area (Å²) in [5.74, 6) is 2.46. The third-order valence-electron chi connectivity index (χ3n) is 8.12. The molecule has 0 unspecified atom stereocenters. The quantitative estimate of drug-likeness (QED) is 0.375. The van der Waals surface area contributed by atoms with Crippen molar-refractivity contribution in [2.45, 2.75) is 57.0 Å². The highest BCUT2D eigenvalue weighted by Gasteiger charge is 2.35. The SMILES string of the molecule is S=C(NCC1(c2ccc(Cl)cc2)CCCC1)Nc1nc(N2CCCC2)cc(N2Cc3ccccc3C2)n1. The minimum atomic E-state index is 0.0705. The van der Waals surface area contributed by atoms with Crippen molar-refractivity contribution >= 4 is 46.5 Å². The molecule has 37 heavy (non-hydrogen) atoms. The molecule has 0 spiro atoms. The van der Waals surface area contributed by atoms with Crippen LogP contribution in [0.25, 0.3) is 0 Å². The van der Waals surface area contributed by atoms with E-state index in [1.807, 2.05) is 12.1 Å². The standard InChI is InChI=1S/C29H33ClN6S/c30-24-11-9-23(10-12-24)29(13-3-4-14-29)20-31-28(37)34-27-32-25(35-15-5-6-16-35)17-26(33-27)36-18-21-7-1-2-8-22(21)19-36/h1-2,7-12,17H,3-6,13-16,18-20H2,(H2,31,32,33,34,37). The molecule has 192 valence electrons. The van der Waals surface area contributed by atoms with E-state index in [2.05, 4.69) is 62.9 Å². The first-order chi connectivity index (χ1) is 18.1. The van der Waals surface area contributed by atoms with Crippen molar-refractivity contribution < 1.29 is 0 Å². The molecule has 8 heteroatoms. The fraction of sp³-hybridized carbons (Fsp3) is 0.414. The Hall–Kier alpha value is -2.90. The highest BCUT2D eigenvalue weighted by atomic mass is 35.5. The van der Waals surface area contributed by atoms with Crippen LogP contribution in [0.5, 0.6) is 0 Å². The van der Waals surface area contributed by atoms with Gasteiger partial charge in [0.15, 0.2) is 5.11 Å². The Labute approximate surface area is 229 Å². The predicted octanol–water partition coefficient (Wildman–Crippen LogP) is 6.05. The van der Waals surface area contributed by atoms with E-state index < -0.39 is 0 Å². The summed E-state index contributed by atoms with van der Waals surface area (Å²) in [5, 5.41) is 8.15. The number of hydrogen-bond donors (Lipinski definition) is 2. The number of nitrogens with one attached hydrogen (secondary N) is 2. The Balaban J connectivity index is 1.19. The minimum absolute atomic E-state index is 0.0705. The molecule has 3 aliphatic rings. The van der Waals surface area contributed by atoms with Gasteiger partial charge in [-0.05, 0) is 66.7 Å². The molecule has 0 amide bonds. The molecule has 2 aromatic carbocycles. The van der Waals surface area contributed by atoms with Crippen molar-refractivity contribution in [1.29, 1.82) is 0 Å². The molecular formula is C29H33ClN6S. The highest BCUT2D eigenvalue weighted by molar-refractivity contribution is 7.80. The van der Waals surface area contributed by atoms with Gasteiger partial charge in [-0.15, -0.1) is 0 Å². The van der Waals surface area contributed by atoms with E-state index in [1.54, 1.807) is 0 Å². The van der Waals surface area contributed by atoms with Crippen molar-refractivity contribution in [3.05, 3.63) is 76.3 Å². The molecule has 1 aromatic heterocycles. The van der Waals surface area contributed by atoms with Crippen LogP contribution in [0, 0.1) is 0 Å². The number of halogens is 1. The second-order valence-corrected chi connectivity index (χ2v) is 11.4. The lowest BCUT2D eigenvalue weighted by Crippen LogP contribution is -2.41.